The van der Waals surface area contributed by atoms with E-state index in [1.807, 2.05) is 0 Å². The molecule has 0 amide bonds. The molecule has 0 aliphatic rings. The van der Waals surface area contributed by atoms with Crippen LogP contribution in [0.3, 0.4) is 0 Å². The highest BCUT2D eigenvalue weighted by molar-refractivity contribution is 6.30. The van der Waals surface area contributed by atoms with E-state index in [1.54, 1.807) is 29.1 Å². The molecule has 0 fully saturated rings. The molecule has 0 aliphatic heterocycles. The minimum Gasteiger partial charge on any atom is -0.349 e. The van der Waals surface area contributed by atoms with Gasteiger partial charge in [-0.15, -0.1) is 0 Å². The van der Waals surface area contributed by atoms with Gasteiger partial charge in [-0.05, 0) is 25.1 Å². The third kappa shape index (κ3) is 3.00. The van der Waals surface area contributed by atoms with Gasteiger partial charge in [-0.2, -0.15) is 0 Å². The average Bonchev–Trinajstić information content (AvgIpc) is 2.77. The van der Waals surface area contributed by atoms with Gasteiger partial charge in [0.25, 0.3) is 5.69 Å². The number of benzene rings is 1. The lowest BCUT2D eigenvalue weighted by molar-refractivity contribution is -0.385. The molecule has 6 heteroatoms. The van der Waals surface area contributed by atoms with Crippen molar-refractivity contribution < 1.29 is 9.72 Å². The standard InChI is InChI=1S/C13H11ClN2O3/c1-9(17)10-4-5-15(7-10)8-11-6-12(14)2-3-13(11)16(18)19/h2-7H,8H2,1H3. The monoisotopic (exact) mass is 278 g/mol. The van der Waals surface area contributed by atoms with Gasteiger partial charge >= 0.3 is 0 Å². The number of aromatic nitrogens is 1. The molecule has 2 rings (SSSR count). The Labute approximate surface area is 114 Å². The number of nitrogens with zero attached hydrogens (tertiary/aromatic N) is 2. The zero-order valence-corrected chi connectivity index (χ0v) is 10.9. The summed E-state index contributed by atoms with van der Waals surface area (Å²) in [6, 6.07) is 6.11. The fraction of sp³-hybridized carbons (Fsp3) is 0.154. The molecule has 0 spiro atoms. The summed E-state index contributed by atoms with van der Waals surface area (Å²) in [5.74, 6) is -0.0423. The second kappa shape index (κ2) is 5.24. The summed E-state index contributed by atoms with van der Waals surface area (Å²) in [6.07, 6.45) is 3.37. The molecule has 19 heavy (non-hydrogen) atoms. The molecule has 0 atom stereocenters. The van der Waals surface area contributed by atoms with E-state index in [0.717, 1.165) is 0 Å². The van der Waals surface area contributed by atoms with Gasteiger partial charge in [0.1, 0.15) is 0 Å². The molecular weight excluding hydrogens is 268 g/mol. The summed E-state index contributed by atoms with van der Waals surface area (Å²) in [5, 5.41) is 11.4. The van der Waals surface area contributed by atoms with Crippen molar-refractivity contribution in [1.82, 2.24) is 4.57 Å². The predicted molar refractivity (Wildman–Crippen MR) is 71.6 cm³/mol. The van der Waals surface area contributed by atoms with E-state index in [2.05, 4.69) is 0 Å². The number of Topliss-reactive ketones (excluding diaryl/α,β-unsaturated/α-hetero) is 1. The Balaban J connectivity index is 2.33. The van der Waals surface area contributed by atoms with E-state index >= 15 is 0 Å². The number of nitro groups is 1. The Morgan fingerprint density at radius 3 is 2.74 bits per heavy atom. The quantitative estimate of drug-likeness (QED) is 0.490. The van der Waals surface area contributed by atoms with Crippen LogP contribution < -0.4 is 0 Å². The van der Waals surface area contributed by atoms with E-state index in [0.29, 0.717) is 22.7 Å². The van der Waals surface area contributed by atoms with Crippen LogP contribution in [0.4, 0.5) is 5.69 Å². The van der Waals surface area contributed by atoms with Gasteiger partial charge < -0.3 is 4.57 Å². The van der Waals surface area contributed by atoms with Crippen LogP contribution in [-0.2, 0) is 6.54 Å². The summed E-state index contributed by atoms with van der Waals surface area (Å²) >= 11 is 5.86. The molecule has 0 radical (unpaired) electrons. The van der Waals surface area contributed by atoms with Crippen LogP contribution >= 0.6 is 11.6 Å². The molecule has 1 aromatic heterocycles. The Morgan fingerprint density at radius 1 is 1.42 bits per heavy atom. The Hall–Kier alpha value is -2.14. The summed E-state index contributed by atoms with van der Waals surface area (Å²) in [7, 11) is 0. The summed E-state index contributed by atoms with van der Waals surface area (Å²) in [5.41, 5.74) is 1.09. The van der Waals surface area contributed by atoms with Gasteiger partial charge in [-0.1, -0.05) is 11.6 Å². The SMILES string of the molecule is CC(=O)c1ccn(Cc2cc(Cl)ccc2[N+](=O)[O-])c1. The van der Waals surface area contributed by atoms with Crippen LogP contribution in [0.25, 0.3) is 0 Å². The maximum Gasteiger partial charge on any atom is 0.274 e. The number of rotatable bonds is 4. The van der Waals surface area contributed by atoms with Crippen molar-refractivity contribution >= 4 is 23.1 Å². The van der Waals surface area contributed by atoms with Crippen LogP contribution in [0, 0.1) is 10.1 Å². The minimum atomic E-state index is -0.443. The van der Waals surface area contributed by atoms with E-state index in [1.165, 1.54) is 19.1 Å². The number of carbonyl (C=O) groups excluding carboxylic acids is 1. The van der Waals surface area contributed by atoms with Gasteiger partial charge in [-0.3, -0.25) is 14.9 Å². The molecule has 0 bridgehead atoms. The summed E-state index contributed by atoms with van der Waals surface area (Å²) in [6.45, 7) is 1.77. The molecule has 0 saturated carbocycles. The minimum absolute atomic E-state index is 0.0162. The molecule has 1 heterocycles. The van der Waals surface area contributed by atoms with Crippen LogP contribution in [0.2, 0.25) is 5.02 Å². The van der Waals surface area contributed by atoms with E-state index in [4.69, 9.17) is 11.6 Å². The number of ketones is 1. The first-order valence-electron chi connectivity index (χ1n) is 5.57. The van der Waals surface area contributed by atoms with Crippen molar-refractivity contribution in [2.75, 3.05) is 0 Å². The average molecular weight is 279 g/mol. The van der Waals surface area contributed by atoms with Gasteiger partial charge in [0.05, 0.1) is 17.0 Å². The molecule has 0 saturated heterocycles. The van der Waals surface area contributed by atoms with E-state index < -0.39 is 4.92 Å². The fourth-order valence-corrected chi connectivity index (χ4v) is 2.00. The lowest BCUT2D eigenvalue weighted by Gasteiger charge is -2.05. The fourth-order valence-electron chi connectivity index (χ4n) is 1.80. The van der Waals surface area contributed by atoms with Crippen LogP contribution in [0.5, 0.6) is 0 Å². The predicted octanol–water partition coefficient (Wildman–Crippen LogP) is 3.30. The number of halogens is 1. The number of hydrogen-bond donors (Lipinski definition) is 0. The third-order valence-electron chi connectivity index (χ3n) is 2.75. The topological polar surface area (TPSA) is 65.1 Å². The highest BCUT2D eigenvalue weighted by Gasteiger charge is 2.14. The van der Waals surface area contributed by atoms with Crippen molar-refractivity contribution in [3.8, 4) is 0 Å². The van der Waals surface area contributed by atoms with E-state index in [-0.39, 0.29) is 11.5 Å². The molecular formula is C13H11ClN2O3. The second-order valence-electron chi connectivity index (χ2n) is 4.16. The second-order valence-corrected chi connectivity index (χ2v) is 4.60. The maximum atomic E-state index is 11.2. The molecule has 5 nitrogen and oxygen atoms in total. The van der Waals surface area contributed by atoms with Gasteiger partial charge in [-0.25, -0.2) is 0 Å². The smallest absolute Gasteiger partial charge is 0.274 e. The largest absolute Gasteiger partial charge is 0.349 e. The maximum absolute atomic E-state index is 11.2. The Kier molecular flexibility index (Phi) is 3.66. The highest BCUT2D eigenvalue weighted by atomic mass is 35.5. The lowest BCUT2D eigenvalue weighted by Crippen LogP contribution is -2.01. The van der Waals surface area contributed by atoms with Crippen molar-refractivity contribution in [2.45, 2.75) is 13.5 Å². The first-order chi connectivity index (χ1) is 8.97. The van der Waals surface area contributed by atoms with Crippen molar-refractivity contribution in [3.05, 3.63) is 62.9 Å². The van der Waals surface area contributed by atoms with Crippen LogP contribution in [0.15, 0.2) is 36.7 Å². The van der Waals surface area contributed by atoms with Crippen molar-refractivity contribution in [1.29, 1.82) is 0 Å². The Bertz CT molecular complexity index is 649. The van der Waals surface area contributed by atoms with Gasteiger partial charge in [0.2, 0.25) is 0 Å². The number of carbonyl (C=O) groups is 1. The van der Waals surface area contributed by atoms with Crippen molar-refractivity contribution in [2.24, 2.45) is 0 Å². The normalized spacial score (nSPS) is 10.4. The summed E-state index contributed by atoms with van der Waals surface area (Å²) < 4.78 is 1.72. The summed E-state index contributed by atoms with van der Waals surface area (Å²) in [4.78, 5) is 21.7. The molecule has 0 aliphatic carbocycles. The zero-order chi connectivity index (χ0) is 14.0. The molecule has 1 aromatic carbocycles. The highest BCUT2D eigenvalue weighted by Crippen LogP contribution is 2.23. The number of nitro benzene ring substituents is 1. The number of hydrogen-bond acceptors (Lipinski definition) is 3. The Morgan fingerprint density at radius 2 is 2.16 bits per heavy atom. The van der Waals surface area contributed by atoms with Gasteiger partial charge in [0, 0.05) is 29.0 Å². The molecule has 0 unspecified atom stereocenters. The zero-order valence-electron chi connectivity index (χ0n) is 10.2. The lowest BCUT2D eigenvalue weighted by atomic mass is 10.2. The molecule has 2 aromatic rings. The first-order valence-corrected chi connectivity index (χ1v) is 5.94. The van der Waals surface area contributed by atoms with Gasteiger partial charge in [0.15, 0.2) is 5.78 Å². The van der Waals surface area contributed by atoms with Crippen LogP contribution in [-0.4, -0.2) is 15.3 Å². The van der Waals surface area contributed by atoms with E-state index in [9.17, 15) is 14.9 Å². The first kappa shape index (κ1) is 13.3. The van der Waals surface area contributed by atoms with Crippen LogP contribution in [0.1, 0.15) is 22.8 Å². The van der Waals surface area contributed by atoms with Crippen molar-refractivity contribution in [3.63, 3.8) is 0 Å². The molecule has 0 N–H and O–H groups in total. The molecule has 98 valence electrons. The third-order valence-corrected chi connectivity index (χ3v) is 2.98.